The fourth-order valence-electron chi connectivity index (χ4n) is 3.50. The first kappa shape index (κ1) is 18.0. The molecule has 0 bridgehead atoms. The molecule has 0 fully saturated rings. The van der Waals surface area contributed by atoms with E-state index in [1.165, 1.54) is 11.1 Å². The second kappa shape index (κ2) is 8.10. The zero-order valence-corrected chi connectivity index (χ0v) is 16.3. The molecule has 0 radical (unpaired) electrons. The summed E-state index contributed by atoms with van der Waals surface area (Å²) >= 11 is 0. The highest BCUT2D eigenvalue weighted by Gasteiger charge is 2.06. The standard InChI is InChI=1S/C27H19N3/c1-2-5-20(6-3-1)21-8-12-23(13-9-21)26-17-27(30-19-29-26)24-14-10-22(11-15-24)25-7-4-16-28-18-25/h1-19H. The molecular formula is C27H19N3. The van der Waals surface area contributed by atoms with Crippen molar-refractivity contribution in [2.45, 2.75) is 0 Å². The minimum atomic E-state index is 0.907. The van der Waals surface area contributed by atoms with Crippen LogP contribution < -0.4 is 0 Å². The summed E-state index contributed by atoms with van der Waals surface area (Å²) in [5.41, 5.74) is 8.60. The summed E-state index contributed by atoms with van der Waals surface area (Å²) in [5.74, 6) is 0. The second-order valence-electron chi connectivity index (χ2n) is 7.05. The van der Waals surface area contributed by atoms with Crippen LogP contribution in [0.1, 0.15) is 0 Å². The second-order valence-corrected chi connectivity index (χ2v) is 7.05. The highest BCUT2D eigenvalue weighted by Crippen LogP contribution is 2.27. The minimum absolute atomic E-state index is 0.907. The smallest absolute Gasteiger partial charge is 0.116 e. The molecule has 0 aliphatic heterocycles. The van der Waals surface area contributed by atoms with E-state index in [0.717, 1.165) is 33.6 Å². The van der Waals surface area contributed by atoms with Gasteiger partial charge in [-0.3, -0.25) is 4.98 Å². The monoisotopic (exact) mass is 385 g/mol. The molecule has 0 atom stereocenters. The zero-order valence-electron chi connectivity index (χ0n) is 16.3. The Morgan fingerprint density at radius 1 is 0.433 bits per heavy atom. The average Bonchev–Trinajstić information content (AvgIpc) is 2.85. The van der Waals surface area contributed by atoms with Gasteiger partial charge in [0.2, 0.25) is 0 Å². The molecule has 5 rings (SSSR count). The van der Waals surface area contributed by atoms with E-state index in [0.29, 0.717) is 0 Å². The average molecular weight is 385 g/mol. The van der Waals surface area contributed by atoms with Crippen LogP contribution in [-0.4, -0.2) is 15.0 Å². The Labute approximate surface area is 175 Å². The van der Waals surface area contributed by atoms with Crippen LogP contribution in [0.15, 0.2) is 116 Å². The van der Waals surface area contributed by atoms with Crippen molar-refractivity contribution in [3.63, 3.8) is 0 Å². The first-order chi connectivity index (χ1) is 14.9. The van der Waals surface area contributed by atoms with E-state index < -0.39 is 0 Å². The Kier molecular flexibility index (Phi) is 4.84. The number of rotatable bonds is 4. The summed E-state index contributed by atoms with van der Waals surface area (Å²) in [6.07, 6.45) is 5.29. The summed E-state index contributed by atoms with van der Waals surface area (Å²) in [7, 11) is 0. The molecule has 0 N–H and O–H groups in total. The summed E-state index contributed by atoms with van der Waals surface area (Å²) < 4.78 is 0. The topological polar surface area (TPSA) is 38.7 Å². The van der Waals surface area contributed by atoms with Gasteiger partial charge in [0.25, 0.3) is 0 Å². The molecule has 142 valence electrons. The molecule has 0 unspecified atom stereocenters. The fourth-order valence-corrected chi connectivity index (χ4v) is 3.50. The lowest BCUT2D eigenvalue weighted by Gasteiger charge is -2.07. The van der Waals surface area contributed by atoms with Crippen LogP contribution in [0, 0.1) is 0 Å². The Morgan fingerprint density at radius 3 is 1.50 bits per heavy atom. The van der Waals surface area contributed by atoms with Gasteiger partial charge >= 0.3 is 0 Å². The molecule has 3 aromatic carbocycles. The van der Waals surface area contributed by atoms with Crippen LogP contribution in [0.4, 0.5) is 0 Å². The van der Waals surface area contributed by atoms with E-state index in [1.54, 1.807) is 12.5 Å². The highest BCUT2D eigenvalue weighted by molar-refractivity contribution is 5.73. The van der Waals surface area contributed by atoms with E-state index in [9.17, 15) is 0 Å². The summed E-state index contributed by atoms with van der Waals surface area (Å²) in [5, 5.41) is 0. The molecule has 3 heteroatoms. The van der Waals surface area contributed by atoms with Crippen molar-refractivity contribution in [3.8, 4) is 44.8 Å². The van der Waals surface area contributed by atoms with E-state index in [-0.39, 0.29) is 0 Å². The number of hydrogen-bond acceptors (Lipinski definition) is 3. The van der Waals surface area contributed by atoms with Gasteiger partial charge in [-0.2, -0.15) is 0 Å². The van der Waals surface area contributed by atoms with Crippen LogP contribution in [0.2, 0.25) is 0 Å². The SMILES string of the molecule is c1ccc(-c2ccc(-c3cc(-c4ccc(-c5cccnc5)cc4)ncn3)cc2)cc1. The van der Waals surface area contributed by atoms with E-state index in [4.69, 9.17) is 0 Å². The third-order valence-corrected chi connectivity index (χ3v) is 5.13. The third kappa shape index (κ3) is 3.74. The highest BCUT2D eigenvalue weighted by atomic mass is 14.8. The molecule has 5 aromatic rings. The Balaban J connectivity index is 1.42. The van der Waals surface area contributed by atoms with Gasteiger partial charge in [0.05, 0.1) is 11.4 Å². The van der Waals surface area contributed by atoms with Crippen LogP contribution in [-0.2, 0) is 0 Å². The third-order valence-electron chi connectivity index (χ3n) is 5.13. The Bertz CT molecular complexity index is 1150. The molecular weight excluding hydrogens is 366 g/mol. The van der Waals surface area contributed by atoms with Crippen LogP contribution in [0.5, 0.6) is 0 Å². The van der Waals surface area contributed by atoms with Gasteiger partial charge in [0.15, 0.2) is 0 Å². The molecule has 0 aliphatic rings. The predicted molar refractivity (Wildman–Crippen MR) is 122 cm³/mol. The molecule has 2 aromatic heterocycles. The van der Waals surface area contributed by atoms with Gasteiger partial charge in [0.1, 0.15) is 6.33 Å². The normalized spacial score (nSPS) is 10.7. The van der Waals surface area contributed by atoms with Gasteiger partial charge in [-0.15, -0.1) is 0 Å². The largest absolute Gasteiger partial charge is 0.264 e. The Morgan fingerprint density at radius 2 is 0.933 bits per heavy atom. The lowest BCUT2D eigenvalue weighted by atomic mass is 10.0. The number of benzene rings is 3. The van der Waals surface area contributed by atoms with Crippen LogP contribution in [0.3, 0.4) is 0 Å². The molecule has 3 nitrogen and oxygen atoms in total. The molecule has 0 spiro atoms. The molecule has 0 saturated heterocycles. The predicted octanol–water partition coefficient (Wildman–Crippen LogP) is 6.54. The first-order valence-corrected chi connectivity index (χ1v) is 9.85. The first-order valence-electron chi connectivity index (χ1n) is 9.85. The molecule has 30 heavy (non-hydrogen) atoms. The van der Waals surface area contributed by atoms with Crippen molar-refractivity contribution >= 4 is 0 Å². The maximum absolute atomic E-state index is 4.48. The number of nitrogens with zero attached hydrogens (tertiary/aromatic N) is 3. The molecule has 0 amide bonds. The van der Waals surface area contributed by atoms with Crippen molar-refractivity contribution in [1.29, 1.82) is 0 Å². The Hall–Kier alpha value is -4.11. The van der Waals surface area contributed by atoms with E-state index in [2.05, 4.69) is 93.8 Å². The maximum atomic E-state index is 4.48. The van der Waals surface area contributed by atoms with Crippen LogP contribution >= 0.6 is 0 Å². The van der Waals surface area contributed by atoms with Crippen molar-refractivity contribution in [2.75, 3.05) is 0 Å². The van der Waals surface area contributed by atoms with Gasteiger partial charge in [0, 0.05) is 23.5 Å². The number of pyridine rings is 1. The summed E-state index contributed by atoms with van der Waals surface area (Å²) in [6.45, 7) is 0. The molecule has 2 heterocycles. The van der Waals surface area contributed by atoms with Gasteiger partial charge in [-0.1, -0.05) is 84.9 Å². The van der Waals surface area contributed by atoms with Gasteiger partial charge in [-0.25, -0.2) is 9.97 Å². The number of aromatic nitrogens is 3. The fraction of sp³-hybridized carbons (Fsp3) is 0. The van der Waals surface area contributed by atoms with Gasteiger partial charge < -0.3 is 0 Å². The number of hydrogen-bond donors (Lipinski definition) is 0. The van der Waals surface area contributed by atoms with Crippen molar-refractivity contribution in [1.82, 2.24) is 15.0 Å². The van der Waals surface area contributed by atoms with Crippen molar-refractivity contribution in [3.05, 3.63) is 116 Å². The summed E-state index contributed by atoms with van der Waals surface area (Å²) in [4.78, 5) is 13.2. The van der Waals surface area contributed by atoms with E-state index in [1.807, 2.05) is 24.4 Å². The van der Waals surface area contributed by atoms with Crippen molar-refractivity contribution < 1.29 is 0 Å². The summed E-state index contributed by atoms with van der Waals surface area (Å²) in [6, 6.07) is 33.3. The lowest BCUT2D eigenvalue weighted by Crippen LogP contribution is -1.90. The lowest BCUT2D eigenvalue weighted by molar-refractivity contribution is 1.18. The van der Waals surface area contributed by atoms with Crippen LogP contribution in [0.25, 0.3) is 44.8 Å². The van der Waals surface area contributed by atoms with E-state index >= 15 is 0 Å². The molecule has 0 saturated carbocycles. The van der Waals surface area contributed by atoms with Gasteiger partial charge in [-0.05, 0) is 34.4 Å². The molecule has 0 aliphatic carbocycles. The minimum Gasteiger partial charge on any atom is -0.264 e. The maximum Gasteiger partial charge on any atom is 0.116 e. The zero-order chi connectivity index (χ0) is 20.2. The van der Waals surface area contributed by atoms with Crippen molar-refractivity contribution in [2.24, 2.45) is 0 Å². The quantitative estimate of drug-likeness (QED) is 0.352.